The van der Waals surface area contributed by atoms with Gasteiger partial charge in [-0.05, 0) is 32.0 Å². The summed E-state index contributed by atoms with van der Waals surface area (Å²) in [6, 6.07) is 9.11. The van der Waals surface area contributed by atoms with Crippen molar-refractivity contribution < 1.29 is 4.74 Å². The molecule has 3 nitrogen and oxygen atoms in total. The average Bonchev–Trinajstić information content (AvgIpc) is 2.84. The van der Waals surface area contributed by atoms with Crippen molar-refractivity contribution in [3.05, 3.63) is 34.9 Å². The first kappa shape index (κ1) is 14.1. The molecule has 4 heteroatoms. The standard InChI is InChI=1S/C16H21BrN2O/c1-12(2)18-8-9-20-13(10-18)11-19-7-6-14-15(17)4-3-5-16(14)19/h3-7,12-13H,8-11H2,1-2H3. The Labute approximate surface area is 128 Å². The molecule has 0 amide bonds. The van der Waals surface area contributed by atoms with Crippen molar-refractivity contribution >= 4 is 26.8 Å². The Hall–Kier alpha value is -0.840. The Balaban J connectivity index is 1.78. The fourth-order valence-electron chi connectivity index (χ4n) is 2.89. The highest BCUT2D eigenvalue weighted by Gasteiger charge is 2.22. The molecule has 1 aromatic heterocycles. The maximum atomic E-state index is 5.94. The van der Waals surface area contributed by atoms with Crippen molar-refractivity contribution in [1.29, 1.82) is 0 Å². The Morgan fingerprint density at radius 2 is 2.20 bits per heavy atom. The normalized spacial score (nSPS) is 20.9. The Kier molecular flexibility index (Phi) is 4.15. The van der Waals surface area contributed by atoms with E-state index in [-0.39, 0.29) is 6.10 Å². The number of rotatable bonds is 3. The molecule has 0 spiro atoms. The van der Waals surface area contributed by atoms with E-state index < -0.39 is 0 Å². The Bertz CT molecular complexity index is 593. The summed E-state index contributed by atoms with van der Waals surface area (Å²) in [5.41, 5.74) is 1.27. The molecular formula is C16H21BrN2O. The number of aromatic nitrogens is 1. The van der Waals surface area contributed by atoms with E-state index in [0.29, 0.717) is 6.04 Å². The molecule has 2 aromatic rings. The number of hydrogen-bond donors (Lipinski definition) is 0. The number of hydrogen-bond acceptors (Lipinski definition) is 2. The van der Waals surface area contributed by atoms with Crippen LogP contribution in [0, 0.1) is 0 Å². The summed E-state index contributed by atoms with van der Waals surface area (Å²) in [6.07, 6.45) is 2.44. The highest BCUT2D eigenvalue weighted by Crippen LogP contribution is 2.25. The van der Waals surface area contributed by atoms with Crippen molar-refractivity contribution in [2.24, 2.45) is 0 Å². The summed E-state index contributed by atoms with van der Waals surface area (Å²) in [5.74, 6) is 0. The van der Waals surface area contributed by atoms with Gasteiger partial charge in [-0.1, -0.05) is 22.0 Å². The second-order valence-electron chi connectivity index (χ2n) is 5.72. The van der Waals surface area contributed by atoms with Gasteiger partial charge in [0.05, 0.1) is 19.3 Å². The Morgan fingerprint density at radius 1 is 1.35 bits per heavy atom. The first-order chi connectivity index (χ1) is 9.65. The molecule has 0 bridgehead atoms. The molecule has 1 unspecified atom stereocenters. The second-order valence-corrected chi connectivity index (χ2v) is 6.58. The fraction of sp³-hybridized carbons (Fsp3) is 0.500. The van der Waals surface area contributed by atoms with Gasteiger partial charge >= 0.3 is 0 Å². The number of nitrogens with zero attached hydrogens (tertiary/aromatic N) is 2. The molecule has 108 valence electrons. The second kappa shape index (κ2) is 5.88. The van der Waals surface area contributed by atoms with Gasteiger partial charge < -0.3 is 9.30 Å². The predicted octanol–water partition coefficient (Wildman–Crippen LogP) is 3.51. The minimum absolute atomic E-state index is 0.278. The monoisotopic (exact) mass is 336 g/mol. The number of morpholine rings is 1. The molecule has 1 fully saturated rings. The summed E-state index contributed by atoms with van der Waals surface area (Å²) in [4.78, 5) is 2.50. The summed E-state index contributed by atoms with van der Waals surface area (Å²) >= 11 is 3.61. The van der Waals surface area contributed by atoms with Crippen molar-refractivity contribution in [3.8, 4) is 0 Å². The molecule has 1 aliphatic rings. The lowest BCUT2D eigenvalue weighted by Crippen LogP contribution is -2.47. The molecular weight excluding hydrogens is 316 g/mol. The van der Waals surface area contributed by atoms with Crippen LogP contribution in [0.2, 0.25) is 0 Å². The molecule has 0 radical (unpaired) electrons. The highest BCUT2D eigenvalue weighted by atomic mass is 79.9. The largest absolute Gasteiger partial charge is 0.374 e. The van der Waals surface area contributed by atoms with Crippen LogP contribution < -0.4 is 0 Å². The maximum Gasteiger partial charge on any atom is 0.0881 e. The lowest BCUT2D eigenvalue weighted by molar-refractivity contribution is -0.0451. The molecule has 3 rings (SSSR count). The van der Waals surface area contributed by atoms with Crippen LogP contribution >= 0.6 is 15.9 Å². The van der Waals surface area contributed by atoms with E-state index in [9.17, 15) is 0 Å². The van der Waals surface area contributed by atoms with Crippen molar-refractivity contribution in [3.63, 3.8) is 0 Å². The fourth-order valence-corrected chi connectivity index (χ4v) is 3.37. The van der Waals surface area contributed by atoms with E-state index in [4.69, 9.17) is 4.74 Å². The van der Waals surface area contributed by atoms with Gasteiger partial charge in [-0.2, -0.15) is 0 Å². The van der Waals surface area contributed by atoms with Crippen LogP contribution in [0.3, 0.4) is 0 Å². The van der Waals surface area contributed by atoms with Crippen molar-refractivity contribution in [1.82, 2.24) is 9.47 Å². The van der Waals surface area contributed by atoms with E-state index in [0.717, 1.165) is 30.7 Å². The first-order valence-electron chi connectivity index (χ1n) is 7.24. The number of ether oxygens (including phenoxy) is 1. The van der Waals surface area contributed by atoms with Crippen LogP contribution in [0.5, 0.6) is 0 Å². The average molecular weight is 337 g/mol. The lowest BCUT2D eigenvalue weighted by Gasteiger charge is -2.35. The molecule has 0 N–H and O–H groups in total. The summed E-state index contributed by atoms with van der Waals surface area (Å²) in [5, 5.41) is 1.27. The third kappa shape index (κ3) is 2.78. The van der Waals surface area contributed by atoms with E-state index in [1.165, 1.54) is 10.9 Å². The van der Waals surface area contributed by atoms with E-state index in [1.54, 1.807) is 0 Å². The highest BCUT2D eigenvalue weighted by molar-refractivity contribution is 9.10. The van der Waals surface area contributed by atoms with Gasteiger partial charge in [0, 0.05) is 40.7 Å². The van der Waals surface area contributed by atoms with Crippen LogP contribution in [0.1, 0.15) is 13.8 Å². The third-order valence-electron chi connectivity index (χ3n) is 4.06. The molecule has 0 aliphatic carbocycles. The van der Waals surface area contributed by atoms with Crippen LogP contribution in [0.4, 0.5) is 0 Å². The van der Waals surface area contributed by atoms with Crippen molar-refractivity contribution in [2.75, 3.05) is 19.7 Å². The van der Waals surface area contributed by atoms with E-state index in [2.05, 4.69) is 69.7 Å². The summed E-state index contributed by atoms with van der Waals surface area (Å²) < 4.78 is 9.39. The third-order valence-corrected chi connectivity index (χ3v) is 4.75. The van der Waals surface area contributed by atoms with Crippen LogP contribution in [0.15, 0.2) is 34.9 Å². The maximum absolute atomic E-state index is 5.94. The van der Waals surface area contributed by atoms with Gasteiger partial charge in [0.15, 0.2) is 0 Å². The molecule has 1 atom stereocenters. The first-order valence-corrected chi connectivity index (χ1v) is 8.03. The zero-order chi connectivity index (χ0) is 14.1. The van der Waals surface area contributed by atoms with Crippen LogP contribution in [-0.2, 0) is 11.3 Å². The topological polar surface area (TPSA) is 17.4 Å². The number of halogens is 1. The van der Waals surface area contributed by atoms with E-state index >= 15 is 0 Å². The molecule has 2 heterocycles. The molecule has 1 saturated heterocycles. The van der Waals surface area contributed by atoms with E-state index in [1.807, 2.05) is 0 Å². The van der Waals surface area contributed by atoms with Crippen LogP contribution in [0.25, 0.3) is 10.9 Å². The quantitative estimate of drug-likeness (QED) is 0.853. The molecule has 20 heavy (non-hydrogen) atoms. The van der Waals surface area contributed by atoms with Gasteiger partial charge in [-0.25, -0.2) is 0 Å². The number of fused-ring (bicyclic) bond motifs is 1. The predicted molar refractivity (Wildman–Crippen MR) is 86.1 cm³/mol. The summed E-state index contributed by atoms with van der Waals surface area (Å²) in [6.45, 7) is 8.33. The van der Waals surface area contributed by atoms with Gasteiger partial charge in [0.1, 0.15) is 0 Å². The van der Waals surface area contributed by atoms with Crippen molar-refractivity contribution in [2.45, 2.75) is 32.5 Å². The SMILES string of the molecule is CC(C)N1CCOC(Cn2ccc3c(Br)cccc32)C1. The minimum Gasteiger partial charge on any atom is -0.374 e. The minimum atomic E-state index is 0.278. The van der Waals surface area contributed by atoms with Gasteiger partial charge in [0.25, 0.3) is 0 Å². The Morgan fingerprint density at radius 3 is 3.00 bits per heavy atom. The van der Waals surface area contributed by atoms with Crippen LogP contribution in [-0.4, -0.2) is 41.3 Å². The smallest absolute Gasteiger partial charge is 0.0881 e. The zero-order valence-electron chi connectivity index (χ0n) is 12.1. The van der Waals surface area contributed by atoms with Gasteiger partial charge in [-0.3, -0.25) is 4.90 Å². The lowest BCUT2D eigenvalue weighted by atomic mass is 10.2. The number of benzene rings is 1. The zero-order valence-corrected chi connectivity index (χ0v) is 13.6. The molecule has 1 aliphatic heterocycles. The molecule has 0 saturated carbocycles. The summed E-state index contributed by atoms with van der Waals surface area (Å²) in [7, 11) is 0. The van der Waals surface area contributed by atoms with Gasteiger partial charge in [-0.15, -0.1) is 0 Å². The van der Waals surface area contributed by atoms with Gasteiger partial charge in [0.2, 0.25) is 0 Å². The molecule has 1 aromatic carbocycles.